The summed E-state index contributed by atoms with van der Waals surface area (Å²) in [6.45, 7) is 0. The SMILES string of the molecule is CO.[AlH3].[Zn]. The molecule has 0 fully saturated rings. The van der Waals surface area contributed by atoms with Gasteiger partial charge in [-0.15, -0.1) is 0 Å². The zero-order valence-corrected chi connectivity index (χ0v) is 5.12. The second-order valence-electron chi connectivity index (χ2n) is 0. The molecule has 0 heterocycles. The number of hydrogen-bond acceptors (Lipinski definition) is 1. The fourth-order valence-corrected chi connectivity index (χ4v) is 0. The van der Waals surface area contributed by atoms with Crippen molar-refractivity contribution >= 4 is 17.4 Å². The quantitative estimate of drug-likeness (QED) is 0.390. The Morgan fingerprint density at radius 3 is 1.25 bits per heavy atom. The molecule has 0 amide bonds. The third kappa shape index (κ3) is 11.2. The largest absolute Gasteiger partial charge is 0.400 e. The number of rotatable bonds is 0. The van der Waals surface area contributed by atoms with E-state index in [1.807, 2.05) is 0 Å². The normalized spacial score (nSPS) is 1.50. The second-order valence-corrected chi connectivity index (χ2v) is 0. The van der Waals surface area contributed by atoms with Crippen LogP contribution >= 0.6 is 0 Å². The molecule has 1 N–H and O–H groups in total. The van der Waals surface area contributed by atoms with Crippen molar-refractivity contribution in [2.24, 2.45) is 0 Å². The predicted molar refractivity (Wildman–Crippen MR) is 18.1 cm³/mol. The van der Waals surface area contributed by atoms with Crippen molar-refractivity contribution < 1.29 is 24.6 Å². The zero-order chi connectivity index (χ0) is 2.00. The summed E-state index contributed by atoms with van der Waals surface area (Å²) in [6.07, 6.45) is 0. The first kappa shape index (κ1) is 19.4. The minimum atomic E-state index is 0. The molecule has 0 aliphatic heterocycles. The molecule has 0 atom stereocenters. The first-order valence-corrected chi connectivity index (χ1v) is 0.447. The summed E-state index contributed by atoms with van der Waals surface area (Å²) in [5.74, 6) is 0. The molecule has 22 valence electrons. The first-order chi connectivity index (χ1) is 1.00. The summed E-state index contributed by atoms with van der Waals surface area (Å²) in [5.41, 5.74) is 0. The maximum atomic E-state index is 7.00. The number of aliphatic hydroxyl groups excluding tert-OH is 1. The van der Waals surface area contributed by atoms with E-state index in [4.69, 9.17) is 5.11 Å². The van der Waals surface area contributed by atoms with Gasteiger partial charge in [0.2, 0.25) is 0 Å². The van der Waals surface area contributed by atoms with Crippen molar-refractivity contribution in [1.82, 2.24) is 0 Å². The topological polar surface area (TPSA) is 20.2 Å². The van der Waals surface area contributed by atoms with Gasteiger partial charge in [-0.25, -0.2) is 0 Å². The summed E-state index contributed by atoms with van der Waals surface area (Å²) < 4.78 is 0. The van der Waals surface area contributed by atoms with Crippen LogP contribution in [0.5, 0.6) is 0 Å². The minimum Gasteiger partial charge on any atom is -0.400 e. The molecule has 4 heavy (non-hydrogen) atoms. The monoisotopic (exact) mass is 126 g/mol. The first-order valence-electron chi connectivity index (χ1n) is 0.447. The van der Waals surface area contributed by atoms with E-state index >= 15 is 0 Å². The van der Waals surface area contributed by atoms with Crippen molar-refractivity contribution in [2.75, 3.05) is 7.11 Å². The van der Waals surface area contributed by atoms with Gasteiger partial charge in [-0.1, -0.05) is 0 Å². The second kappa shape index (κ2) is 32.1. The van der Waals surface area contributed by atoms with Gasteiger partial charge in [0, 0.05) is 26.6 Å². The maximum Gasteiger partial charge on any atom is 0.187 e. The number of hydrogen-bond donors (Lipinski definition) is 1. The molecule has 0 aromatic heterocycles. The molecule has 0 saturated carbocycles. The van der Waals surface area contributed by atoms with E-state index in [9.17, 15) is 0 Å². The molecule has 0 aliphatic carbocycles. The summed E-state index contributed by atoms with van der Waals surface area (Å²) in [6, 6.07) is 0. The third-order valence-electron chi connectivity index (χ3n) is 0. The summed E-state index contributed by atoms with van der Waals surface area (Å²) in [7, 11) is 1.00. The Morgan fingerprint density at radius 2 is 1.25 bits per heavy atom. The Labute approximate surface area is 49.3 Å². The van der Waals surface area contributed by atoms with Gasteiger partial charge in [0.25, 0.3) is 0 Å². The molecular formula is CH7AlOZn. The van der Waals surface area contributed by atoms with Crippen molar-refractivity contribution in [3.63, 3.8) is 0 Å². The van der Waals surface area contributed by atoms with Crippen LogP contribution in [-0.2, 0) is 19.5 Å². The smallest absolute Gasteiger partial charge is 0.187 e. The van der Waals surface area contributed by atoms with Gasteiger partial charge in [0.05, 0.1) is 0 Å². The van der Waals surface area contributed by atoms with Gasteiger partial charge in [0.15, 0.2) is 17.4 Å². The Balaban J connectivity index is -0.00000000500. The van der Waals surface area contributed by atoms with Crippen LogP contribution in [0.3, 0.4) is 0 Å². The van der Waals surface area contributed by atoms with Crippen molar-refractivity contribution in [3.05, 3.63) is 0 Å². The summed E-state index contributed by atoms with van der Waals surface area (Å²) in [5, 5.41) is 7.00. The van der Waals surface area contributed by atoms with Crippen LogP contribution in [0.4, 0.5) is 0 Å². The molecule has 0 radical (unpaired) electrons. The van der Waals surface area contributed by atoms with Crippen LogP contribution in [0, 0.1) is 0 Å². The molecule has 0 aromatic carbocycles. The van der Waals surface area contributed by atoms with E-state index in [2.05, 4.69) is 0 Å². The molecular weight excluding hydrogens is 120 g/mol. The van der Waals surface area contributed by atoms with Crippen LogP contribution in [0.15, 0.2) is 0 Å². The third-order valence-corrected chi connectivity index (χ3v) is 0. The Kier molecular flexibility index (Phi) is 155. The number of aliphatic hydroxyl groups is 1. The molecule has 0 rings (SSSR count). The Hall–Kier alpha value is 1.12. The average Bonchev–Trinajstić information content (AvgIpc) is 1.00. The predicted octanol–water partition coefficient (Wildman–Crippen LogP) is -1.58. The van der Waals surface area contributed by atoms with E-state index in [-0.39, 0.29) is 36.8 Å². The van der Waals surface area contributed by atoms with Gasteiger partial charge < -0.3 is 5.11 Å². The van der Waals surface area contributed by atoms with Crippen LogP contribution in [0.1, 0.15) is 0 Å². The van der Waals surface area contributed by atoms with E-state index in [0.717, 1.165) is 7.11 Å². The standard InChI is InChI=1S/CH4O.Al.Zn.3H/c1-2;;;;;/h2H,1H3;;;;;. The summed E-state index contributed by atoms with van der Waals surface area (Å²) in [4.78, 5) is 0. The average molecular weight is 127 g/mol. The van der Waals surface area contributed by atoms with E-state index in [1.165, 1.54) is 0 Å². The Morgan fingerprint density at radius 1 is 1.25 bits per heavy atom. The van der Waals surface area contributed by atoms with Gasteiger partial charge in [-0.2, -0.15) is 0 Å². The van der Waals surface area contributed by atoms with Gasteiger partial charge in [-0.05, 0) is 0 Å². The molecule has 3 heteroatoms. The van der Waals surface area contributed by atoms with Gasteiger partial charge in [0.1, 0.15) is 0 Å². The fourth-order valence-electron chi connectivity index (χ4n) is 0. The van der Waals surface area contributed by atoms with Crippen molar-refractivity contribution in [1.29, 1.82) is 0 Å². The molecule has 0 aliphatic rings. The van der Waals surface area contributed by atoms with Crippen molar-refractivity contribution in [3.8, 4) is 0 Å². The van der Waals surface area contributed by atoms with Crippen LogP contribution in [0.25, 0.3) is 0 Å². The van der Waals surface area contributed by atoms with Crippen molar-refractivity contribution in [2.45, 2.75) is 0 Å². The van der Waals surface area contributed by atoms with Gasteiger partial charge >= 0.3 is 0 Å². The Bertz CT molecular complexity index is 8.00. The van der Waals surface area contributed by atoms with Crippen LogP contribution < -0.4 is 0 Å². The van der Waals surface area contributed by atoms with E-state index < -0.39 is 0 Å². The molecule has 0 bridgehead atoms. The van der Waals surface area contributed by atoms with E-state index in [0.29, 0.717) is 0 Å². The molecule has 0 saturated heterocycles. The fraction of sp³-hybridized carbons (Fsp3) is 1.00. The molecule has 1 nitrogen and oxygen atoms in total. The molecule has 0 aromatic rings. The van der Waals surface area contributed by atoms with Crippen LogP contribution in [-0.4, -0.2) is 29.6 Å². The minimum absolute atomic E-state index is 0. The van der Waals surface area contributed by atoms with E-state index in [1.54, 1.807) is 0 Å². The molecule has 0 unspecified atom stereocenters. The van der Waals surface area contributed by atoms with Gasteiger partial charge in [-0.3, -0.25) is 0 Å². The molecule has 0 spiro atoms. The zero-order valence-electron chi connectivity index (χ0n) is 2.15. The van der Waals surface area contributed by atoms with Crippen LogP contribution in [0.2, 0.25) is 0 Å². The maximum absolute atomic E-state index is 7.00. The summed E-state index contributed by atoms with van der Waals surface area (Å²) >= 11 is 0.